The summed E-state index contributed by atoms with van der Waals surface area (Å²) in [5.74, 6) is -0.216. The number of piperidine rings is 1. The highest BCUT2D eigenvalue weighted by Gasteiger charge is 2.31. The minimum Gasteiger partial charge on any atom is -0.406 e. The molecule has 0 amide bonds. The molecule has 0 atom stereocenters. The number of hydrogen-bond acceptors (Lipinski definition) is 2. The van der Waals surface area contributed by atoms with E-state index in [9.17, 15) is 13.2 Å². The standard InChI is InChI=1S/C14H13F3N2O/c1-18-10-11-6-8-19(9-7-11)12-2-4-13(5-3-12)20-14(15,16)17/h2-5,10H,6-9H2. The Bertz CT molecular complexity index is 519. The maximum absolute atomic E-state index is 12.0. The van der Waals surface area contributed by atoms with E-state index in [2.05, 4.69) is 14.5 Å². The number of halogens is 3. The molecule has 0 aromatic heterocycles. The summed E-state index contributed by atoms with van der Waals surface area (Å²) in [5.41, 5.74) is 1.98. The normalized spacial score (nSPS) is 15.7. The molecular formula is C14H13F3N2O. The lowest BCUT2D eigenvalue weighted by molar-refractivity contribution is -0.274. The first-order valence-electron chi connectivity index (χ1n) is 6.13. The van der Waals surface area contributed by atoms with Crippen molar-refractivity contribution in [3.05, 3.63) is 47.5 Å². The number of anilines is 1. The molecular weight excluding hydrogens is 269 g/mol. The molecule has 0 spiro atoms. The minimum absolute atomic E-state index is 0.216. The van der Waals surface area contributed by atoms with Gasteiger partial charge in [0.05, 0.1) is 6.57 Å². The van der Waals surface area contributed by atoms with Crippen LogP contribution in [0, 0.1) is 6.57 Å². The van der Waals surface area contributed by atoms with Crippen LogP contribution >= 0.6 is 0 Å². The van der Waals surface area contributed by atoms with E-state index in [0.717, 1.165) is 37.2 Å². The molecule has 0 saturated carbocycles. The highest BCUT2D eigenvalue weighted by atomic mass is 19.4. The van der Waals surface area contributed by atoms with Crippen LogP contribution in [0.25, 0.3) is 4.85 Å². The lowest BCUT2D eigenvalue weighted by atomic mass is 10.0. The molecule has 6 heteroatoms. The molecule has 0 N–H and O–H groups in total. The number of rotatable bonds is 2. The van der Waals surface area contributed by atoms with Crippen molar-refractivity contribution in [2.45, 2.75) is 19.2 Å². The van der Waals surface area contributed by atoms with Crippen LogP contribution in [0.1, 0.15) is 12.8 Å². The van der Waals surface area contributed by atoms with Gasteiger partial charge < -0.3 is 9.64 Å². The van der Waals surface area contributed by atoms with E-state index in [-0.39, 0.29) is 5.75 Å². The number of nitrogens with zero attached hydrogens (tertiary/aromatic N) is 2. The average molecular weight is 282 g/mol. The molecule has 1 fully saturated rings. The van der Waals surface area contributed by atoms with E-state index in [4.69, 9.17) is 6.57 Å². The van der Waals surface area contributed by atoms with E-state index in [0.29, 0.717) is 0 Å². The van der Waals surface area contributed by atoms with E-state index in [1.54, 1.807) is 18.3 Å². The minimum atomic E-state index is -4.66. The van der Waals surface area contributed by atoms with Crippen LogP contribution in [-0.4, -0.2) is 19.5 Å². The molecule has 0 radical (unpaired) electrons. The lowest BCUT2D eigenvalue weighted by Gasteiger charge is -2.30. The van der Waals surface area contributed by atoms with Crippen LogP contribution in [0.3, 0.4) is 0 Å². The van der Waals surface area contributed by atoms with Crippen LogP contribution in [0.15, 0.2) is 36.0 Å². The van der Waals surface area contributed by atoms with Gasteiger partial charge in [0.15, 0.2) is 6.20 Å². The van der Waals surface area contributed by atoms with Gasteiger partial charge >= 0.3 is 6.36 Å². The highest BCUT2D eigenvalue weighted by molar-refractivity contribution is 5.50. The second kappa shape index (κ2) is 5.87. The van der Waals surface area contributed by atoms with Gasteiger partial charge in [0.1, 0.15) is 5.75 Å². The number of hydrogen-bond donors (Lipinski definition) is 0. The van der Waals surface area contributed by atoms with Crippen LogP contribution in [0.4, 0.5) is 18.9 Å². The summed E-state index contributed by atoms with van der Waals surface area (Å²) in [6.45, 7) is 8.31. The molecule has 1 aliphatic heterocycles. The molecule has 1 aliphatic rings. The van der Waals surface area contributed by atoms with Crippen LogP contribution < -0.4 is 9.64 Å². The van der Waals surface area contributed by atoms with E-state index >= 15 is 0 Å². The highest BCUT2D eigenvalue weighted by Crippen LogP contribution is 2.27. The lowest BCUT2D eigenvalue weighted by Crippen LogP contribution is -2.30. The second-order valence-corrected chi connectivity index (χ2v) is 4.45. The number of alkyl halides is 3. The van der Waals surface area contributed by atoms with E-state index in [1.165, 1.54) is 12.1 Å². The molecule has 3 nitrogen and oxygen atoms in total. The van der Waals surface area contributed by atoms with Crippen molar-refractivity contribution >= 4 is 5.69 Å². The van der Waals surface area contributed by atoms with Crippen molar-refractivity contribution in [2.75, 3.05) is 18.0 Å². The van der Waals surface area contributed by atoms with Crippen molar-refractivity contribution in [1.82, 2.24) is 0 Å². The van der Waals surface area contributed by atoms with Crippen molar-refractivity contribution < 1.29 is 17.9 Å². The van der Waals surface area contributed by atoms with Crippen LogP contribution in [0.2, 0.25) is 0 Å². The van der Waals surface area contributed by atoms with Gasteiger partial charge in [-0.2, -0.15) is 0 Å². The summed E-state index contributed by atoms with van der Waals surface area (Å²) in [6, 6.07) is 5.86. The molecule has 2 rings (SSSR count). The third kappa shape index (κ3) is 3.92. The molecule has 0 aliphatic carbocycles. The predicted molar refractivity (Wildman–Crippen MR) is 69.3 cm³/mol. The molecule has 1 saturated heterocycles. The first kappa shape index (κ1) is 14.3. The van der Waals surface area contributed by atoms with Crippen LogP contribution in [-0.2, 0) is 0 Å². The molecule has 1 aromatic carbocycles. The summed E-state index contributed by atoms with van der Waals surface area (Å²) in [6.07, 6.45) is -1.49. The van der Waals surface area contributed by atoms with E-state index in [1.807, 2.05) is 0 Å². The maximum Gasteiger partial charge on any atom is 0.573 e. The third-order valence-electron chi connectivity index (χ3n) is 3.09. The first-order valence-corrected chi connectivity index (χ1v) is 6.13. The van der Waals surface area contributed by atoms with Gasteiger partial charge in [0.2, 0.25) is 0 Å². The zero-order chi connectivity index (χ0) is 14.6. The molecule has 1 aromatic rings. The smallest absolute Gasteiger partial charge is 0.406 e. The van der Waals surface area contributed by atoms with Crippen molar-refractivity contribution in [3.63, 3.8) is 0 Å². The largest absolute Gasteiger partial charge is 0.573 e. The Morgan fingerprint density at radius 1 is 1.15 bits per heavy atom. The Kier molecular flexibility index (Phi) is 4.18. The Labute approximate surface area is 115 Å². The summed E-state index contributed by atoms with van der Waals surface area (Å²) in [7, 11) is 0. The van der Waals surface area contributed by atoms with Crippen molar-refractivity contribution in [2.24, 2.45) is 0 Å². The summed E-state index contributed by atoms with van der Waals surface area (Å²) >= 11 is 0. The first-order chi connectivity index (χ1) is 9.48. The summed E-state index contributed by atoms with van der Waals surface area (Å²) in [5, 5.41) is 0. The Morgan fingerprint density at radius 2 is 1.75 bits per heavy atom. The predicted octanol–water partition coefficient (Wildman–Crippen LogP) is 3.99. The van der Waals surface area contributed by atoms with Gasteiger partial charge in [-0.1, -0.05) is 5.57 Å². The van der Waals surface area contributed by atoms with Gasteiger partial charge in [-0.05, 0) is 37.1 Å². The quantitative estimate of drug-likeness (QED) is 0.763. The van der Waals surface area contributed by atoms with Gasteiger partial charge in [0, 0.05) is 18.8 Å². The molecule has 1 heterocycles. The van der Waals surface area contributed by atoms with Gasteiger partial charge in [-0.25, -0.2) is 4.85 Å². The van der Waals surface area contributed by atoms with Crippen molar-refractivity contribution in [1.29, 1.82) is 0 Å². The monoisotopic (exact) mass is 282 g/mol. The van der Waals surface area contributed by atoms with Gasteiger partial charge in [-0.15, -0.1) is 13.2 Å². The average Bonchev–Trinajstić information content (AvgIpc) is 2.39. The van der Waals surface area contributed by atoms with Crippen LogP contribution in [0.5, 0.6) is 5.75 Å². The zero-order valence-electron chi connectivity index (χ0n) is 10.7. The van der Waals surface area contributed by atoms with Gasteiger partial charge in [-0.3, -0.25) is 0 Å². The Hall–Kier alpha value is -2.16. The topological polar surface area (TPSA) is 16.8 Å². The molecule has 0 bridgehead atoms. The maximum atomic E-state index is 12.0. The molecule has 106 valence electrons. The van der Waals surface area contributed by atoms with Gasteiger partial charge in [0.25, 0.3) is 0 Å². The fourth-order valence-electron chi connectivity index (χ4n) is 2.13. The number of benzene rings is 1. The second-order valence-electron chi connectivity index (χ2n) is 4.45. The SMILES string of the molecule is [C-]#[N+]C=C1CCN(c2ccc(OC(F)(F)F)cc2)CC1. The molecule has 20 heavy (non-hydrogen) atoms. The Balaban J connectivity index is 1.98. The fraction of sp³-hybridized carbons (Fsp3) is 0.357. The molecule has 0 unspecified atom stereocenters. The Morgan fingerprint density at radius 3 is 2.25 bits per heavy atom. The summed E-state index contributed by atoms with van der Waals surface area (Å²) in [4.78, 5) is 5.33. The van der Waals surface area contributed by atoms with Crippen molar-refractivity contribution in [3.8, 4) is 5.75 Å². The zero-order valence-corrected chi connectivity index (χ0v) is 10.7. The third-order valence-corrected chi connectivity index (χ3v) is 3.09. The fourth-order valence-corrected chi connectivity index (χ4v) is 2.13. The summed E-state index contributed by atoms with van der Waals surface area (Å²) < 4.78 is 40.0. The van der Waals surface area contributed by atoms with E-state index < -0.39 is 6.36 Å². The number of ether oxygens (including phenoxy) is 1.